The molecule has 1 aromatic heterocycles. The van der Waals surface area contributed by atoms with Gasteiger partial charge in [0.25, 0.3) is 5.91 Å². The van der Waals surface area contributed by atoms with Crippen molar-refractivity contribution in [3.05, 3.63) is 52.6 Å². The smallest absolute Gasteiger partial charge is 0.272 e. The second-order valence-corrected chi connectivity index (χ2v) is 5.44. The fourth-order valence-electron chi connectivity index (χ4n) is 2.70. The Morgan fingerprint density at radius 2 is 2.22 bits per heavy atom. The number of methoxy groups -OCH3 is 1. The molecule has 3 N–H and O–H groups in total. The van der Waals surface area contributed by atoms with Gasteiger partial charge in [0, 0.05) is 44.4 Å². The van der Waals surface area contributed by atoms with E-state index in [1.54, 1.807) is 19.2 Å². The van der Waals surface area contributed by atoms with Crippen LogP contribution in [0.1, 0.15) is 33.4 Å². The number of benzene rings is 1. The Bertz CT molecular complexity index is 684. The number of fused-ring (bicyclic) bond motifs is 1. The van der Waals surface area contributed by atoms with Gasteiger partial charge in [0.2, 0.25) is 0 Å². The number of nitrogens with zero attached hydrogens (tertiary/aromatic N) is 1. The molecule has 0 radical (unpaired) electrons. The Kier molecular flexibility index (Phi) is 4.68. The highest BCUT2D eigenvalue weighted by Gasteiger charge is 2.22. The van der Waals surface area contributed by atoms with E-state index in [0.29, 0.717) is 12.2 Å². The number of hydrogen-bond acceptors (Lipinski definition) is 4. The minimum atomic E-state index is -0.340. The first-order chi connectivity index (χ1) is 11.2. The van der Waals surface area contributed by atoms with E-state index in [2.05, 4.69) is 20.8 Å². The van der Waals surface area contributed by atoms with Crippen LogP contribution in [0.3, 0.4) is 0 Å². The van der Waals surface area contributed by atoms with E-state index >= 15 is 0 Å². The van der Waals surface area contributed by atoms with E-state index in [9.17, 15) is 9.18 Å². The molecule has 0 spiro atoms. The summed E-state index contributed by atoms with van der Waals surface area (Å²) in [5.74, 6) is -0.543. The van der Waals surface area contributed by atoms with Crippen molar-refractivity contribution in [2.75, 3.05) is 20.2 Å². The van der Waals surface area contributed by atoms with Crippen LogP contribution in [0, 0.1) is 5.82 Å². The van der Waals surface area contributed by atoms with Crippen molar-refractivity contribution >= 4 is 5.91 Å². The van der Waals surface area contributed by atoms with Gasteiger partial charge in [-0.05, 0) is 17.7 Å². The second kappa shape index (κ2) is 6.89. The first-order valence-electron chi connectivity index (χ1n) is 7.52. The zero-order valence-corrected chi connectivity index (χ0v) is 12.9. The van der Waals surface area contributed by atoms with Crippen LogP contribution < -0.4 is 10.6 Å². The summed E-state index contributed by atoms with van der Waals surface area (Å²) in [5, 5.41) is 13.1. The number of halogens is 1. The molecular weight excluding hydrogens is 299 g/mol. The summed E-state index contributed by atoms with van der Waals surface area (Å²) in [4.78, 5) is 12.3. The predicted octanol–water partition coefficient (Wildman–Crippen LogP) is 1.31. The number of carbonyl (C=O) groups excluding carboxylic acids is 1. The molecule has 1 aromatic carbocycles. The van der Waals surface area contributed by atoms with Crippen molar-refractivity contribution < 1.29 is 13.9 Å². The van der Waals surface area contributed by atoms with E-state index in [-0.39, 0.29) is 24.4 Å². The summed E-state index contributed by atoms with van der Waals surface area (Å²) in [7, 11) is 1.56. The molecule has 1 aliphatic heterocycles. The molecule has 1 amide bonds. The maximum atomic E-state index is 13.0. The zero-order chi connectivity index (χ0) is 16.2. The molecule has 0 saturated carbocycles. The van der Waals surface area contributed by atoms with Crippen LogP contribution in [0.5, 0.6) is 0 Å². The molecule has 6 nitrogen and oxygen atoms in total. The van der Waals surface area contributed by atoms with Gasteiger partial charge in [0.15, 0.2) is 5.69 Å². The summed E-state index contributed by atoms with van der Waals surface area (Å²) in [6, 6.07) is 6.05. The number of rotatable bonds is 5. The average Bonchev–Trinajstić information content (AvgIpc) is 3.01. The van der Waals surface area contributed by atoms with Gasteiger partial charge in [-0.15, -0.1) is 0 Å². The van der Waals surface area contributed by atoms with Crippen LogP contribution in [0.15, 0.2) is 24.3 Å². The molecule has 0 aliphatic carbocycles. The van der Waals surface area contributed by atoms with Crippen LogP contribution >= 0.6 is 0 Å². The first-order valence-corrected chi connectivity index (χ1v) is 7.52. The molecule has 1 atom stereocenters. The van der Waals surface area contributed by atoms with Crippen molar-refractivity contribution in [3.8, 4) is 0 Å². The highest BCUT2D eigenvalue weighted by atomic mass is 19.1. The third-order valence-electron chi connectivity index (χ3n) is 4.00. The minimum absolute atomic E-state index is 0.240. The predicted molar refractivity (Wildman–Crippen MR) is 82.5 cm³/mol. The molecule has 1 unspecified atom stereocenters. The summed E-state index contributed by atoms with van der Waals surface area (Å²) < 4.78 is 18.4. The molecular formula is C16H19FN4O2. The molecule has 0 fully saturated rings. The standard InChI is InChI=1S/C16H19FN4O2/c1-23-14(10-2-4-11(17)5-3-10)9-19-16(22)15-12-8-18-7-6-13(12)20-21-15/h2-5,14,18H,6-9H2,1H3,(H,19,22)(H,20,21). The monoisotopic (exact) mass is 318 g/mol. The molecule has 7 heteroatoms. The van der Waals surface area contributed by atoms with Gasteiger partial charge >= 0.3 is 0 Å². The van der Waals surface area contributed by atoms with E-state index in [1.807, 2.05) is 0 Å². The highest BCUT2D eigenvalue weighted by molar-refractivity contribution is 5.94. The zero-order valence-electron chi connectivity index (χ0n) is 12.9. The number of aromatic amines is 1. The summed E-state index contributed by atoms with van der Waals surface area (Å²) in [5.41, 5.74) is 3.15. The van der Waals surface area contributed by atoms with Crippen molar-refractivity contribution in [2.45, 2.75) is 19.1 Å². The maximum absolute atomic E-state index is 13.0. The lowest BCUT2D eigenvalue weighted by Crippen LogP contribution is -2.31. The molecule has 1 aliphatic rings. The number of H-pyrrole nitrogens is 1. The number of carbonyl (C=O) groups is 1. The minimum Gasteiger partial charge on any atom is -0.375 e. The van der Waals surface area contributed by atoms with Crippen molar-refractivity contribution in [1.82, 2.24) is 20.8 Å². The Hall–Kier alpha value is -2.25. The number of amides is 1. The lowest BCUT2D eigenvalue weighted by Gasteiger charge is -2.17. The summed E-state index contributed by atoms with van der Waals surface area (Å²) in [6.07, 6.45) is 0.499. The Morgan fingerprint density at radius 1 is 1.43 bits per heavy atom. The van der Waals surface area contributed by atoms with E-state index < -0.39 is 0 Å². The normalized spacial score (nSPS) is 15.0. The van der Waals surface area contributed by atoms with E-state index in [1.165, 1.54) is 12.1 Å². The number of hydrogen-bond donors (Lipinski definition) is 3. The Balaban J connectivity index is 1.65. The molecule has 2 heterocycles. The van der Waals surface area contributed by atoms with E-state index in [0.717, 1.165) is 29.8 Å². The number of ether oxygens (including phenoxy) is 1. The van der Waals surface area contributed by atoms with Gasteiger partial charge in [-0.2, -0.15) is 5.10 Å². The van der Waals surface area contributed by atoms with Crippen LogP contribution in [-0.2, 0) is 17.7 Å². The van der Waals surface area contributed by atoms with Crippen LogP contribution in [-0.4, -0.2) is 36.3 Å². The van der Waals surface area contributed by atoms with Crippen LogP contribution in [0.2, 0.25) is 0 Å². The van der Waals surface area contributed by atoms with Gasteiger partial charge in [0.05, 0.1) is 6.10 Å². The largest absolute Gasteiger partial charge is 0.375 e. The van der Waals surface area contributed by atoms with Gasteiger partial charge < -0.3 is 15.4 Å². The maximum Gasteiger partial charge on any atom is 0.272 e. The molecule has 23 heavy (non-hydrogen) atoms. The summed E-state index contributed by atoms with van der Waals surface area (Å²) in [6.45, 7) is 1.81. The van der Waals surface area contributed by atoms with Gasteiger partial charge in [0.1, 0.15) is 5.82 Å². The lowest BCUT2D eigenvalue weighted by atomic mass is 10.1. The third kappa shape index (κ3) is 3.40. The fourth-order valence-corrected chi connectivity index (χ4v) is 2.70. The number of aromatic nitrogens is 2. The fraction of sp³-hybridized carbons (Fsp3) is 0.375. The Labute approximate surface area is 133 Å². The van der Waals surface area contributed by atoms with Crippen LogP contribution in [0.25, 0.3) is 0 Å². The average molecular weight is 318 g/mol. The molecule has 122 valence electrons. The van der Waals surface area contributed by atoms with Crippen molar-refractivity contribution in [3.63, 3.8) is 0 Å². The second-order valence-electron chi connectivity index (χ2n) is 5.44. The topological polar surface area (TPSA) is 79.0 Å². The van der Waals surface area contributed by atoms with Crippen molar-refractivity contribution in [1.29, 1.82) is 0 Å². The SMILES string of the molecule is COC(CNC(=O)c1n[nH]c2c1CNCC2)c1ccc(F)cc1. The molecule has 2 aromatic rings. The number of nitrogens with one attached hydrogen (secondary N) is 3. The summed E-state index contributed by atoms with van der Waals surface area (Å²) >= 11 is 0. The third-order valence-corrected chi connectivity index (χ3v) is 4.00. The first kappa shape index (κ1) is 15.6. The molecule has 0 saturated heterocycles. The van der Waals surface area contributed by atoms with Gasteiger partial charge in [-0.3, -0.25) is 9.89 Å². The van der Waals surface area contributed by atoms with Gasteiger partial charge in [-0.1, -0.05) is 12.1 Å². The highest BCUT2D eigenvalue weighted by Crippen LogP contribution is 2.18. The van der Waals surface area contributed by atoms with Crippen molar-refractivity contribution in [2.24, 2.45) is 0 Å². The molecule has 3 rings (SSSR count). The van der Waals surface area contributed by atoms with Crippen LogP contribution in [0.4, 0.5) is 4.39 Å². The Morgan fingerprint density at radius 3 is 2.96 bits per heavy atom. The van der Waals surface area contributed by atoms with Gasteiger partial charge in [-0.25, -0.2) is 4.39 Å². The quantitative estimate of drug-likeness (QED) is 0.777. The lowest BCUT2D eigenvalue weighted by molar-refractivity contribution is 0.0823. The molecule has 0 bridgehead atoms. The van der Waals surface area contributed by atoms with E-state index in [4.69, 9.17) is 4.74 Å².